The molecule has 1 aliphatic carbocycles. The number of hydrogen-bond acceptors (Lipinski definition) is 3. The predicted molar refractivity (Wildman–Crippen MR) is 81.0 cm³/mol. The van der Waals surface area contributed by atoms with Gasteiger partial charge in [-0.25, -0.2) is 8.42 Å². The van der Waals surface area contributed by atoms with Crippen LogP contribution in [0, 0.1) is 0 Å². The molecule has 0 atom stereocenters. The SMILES string of the molecule is CCN(CC)C(=O)CCN(C1CCCCC1)S(C)(=O)=O. The standard InChI is InChI=1S/C14H28N2O3S/c1-4-15(5-2)14(17)11-12-16(20(3,18)19)13-9-7-6-8-10-13/h13H,4-12H2,1-3H3. The average Bonchev–Trinajstić information content (AvgIpc) is 2.40. The summed E-state index contributed by atoms with van der Waals surface area (Å²) in [5, 5.41) is 0. The maximum absolute atomic E-state index is 12.0. The van der Waals surface area contributed by atoms with Crippen molar-refractivity contribution in [2.75, 3.05) is 25.9 Å². The highest BCUT2D eigenvalue weighted by Crippen LogP contribution is 2.24. The minimum Gasteiger partial charge on any atom is -0.343 e. The molecule has 1 saturated carbocycles. The molecule has 1 aliphatic rings. The van der Waals surface area contributed by atoms with Gasteiger partial charge in [-0.15, -0.1) is 0 Å². The van der Waals surface area contributed by atoms with Gasteiger partial charge in [0.05, 0.1) is 6.26 Å². The van der Waals surface area contributed by atoms with Gasteiger partial charge in [-0.1, -0.05) is 19.3 Å². The van der Waals surface area contributed by atoms with Crippen LogP contribution < -0.4 is 0 Å². The van der Waals surface area contributed by atoms with Crippen molar-refractivity contribution in [1.29, 1.82) is 0 Å². The van der Waals surface area contributed by atoms with Gasteiger partial charge in [0.25, 0.3) is 0 Å². The number of rotatable bonds is 7. The van der Waals surface area contributed by atoms with E-state index >= 15 is 0 Å². The summed E-state index contributed by atoms with van der Waals surface area (Å²) < 4.78 is 25.5. The number of carbonyl (C=O) groups excluding carboxylic acids is 1. The van der Waals surface area contributed by atoms with Gasteiger partial charge in [-0.05, 0) is 26.7 Å². The Bertz CT molecular complexity index is 399. The monoisotopic (exact) mass is 304 g/mol. The van der Waals surface area contributed by atoms with Crippen molar-refractivity contribution in [1.82, 2.24) is 9.21 Å². The first-order valence-corrected chi connectivity index (χ1v) is 9.49. The molecule has 0 spiro atoms. The van der Waals surface area contributed by atoms with Gasteiger partial charge in [0, 0.05) is 32.1 Å². The molecule has 5 nitrogen and oxygen atoms in total. The quantitative estimate of drug-likeness (QED) is 0.721. The molecule has 0 N–H and O–H groups in total. The number of nitrogens with zero attached hydrogens (tertiary/aromatic N) is 2. The molecule has 1 amide bonds. The van der Waals surface area contributed by atoms with E-state index in [0.29, 0.717) is 19.6 Å². The maximum Gasteiger partial charge on any atom is 0.223 e. The number of carbonyl (C=O) groups is 1. The second-order valence-corrected chi connectivity index (χ2v) is 7.42. The van der Waals surface area contributed by atoms with Gasteiger partial charge in [-0.3, -0.25) is 4.79 Å². The normalized spacial score (nSPS) is 17.4. The van der Waals surface area contributed by atoms with E-state index in [1.807, 2.05) is 13.8 Å². The van der Waals surface area contributed by atoms with E-state index < -0.39 is 10.0 Å². The minimum absolute atomic E-state index is 0.0412. The lowest BCUT2D eigenvalue weighted by molar-refractivity contribution is -0.131. The molecule has 0 aliphatic heterocycles. The third-order valence-electron chi connectivity index (χ3n) is 4.07. The van der Waals surface area contributed by atoms with Gasteiger partial charge in [0.2, 0.25) is 15.9 Å². The molecule has 20 heavy (non-hydrogen) atoms. The molecule has 0 aromatic rings. The van der Waals surface area contributed by atoms with Gasteiger partial charge in [0.1, 0.15) is 0 Å². The van der Waals surface area contributed by atoms with Crippen LogP contribution in [0.4, 0.5) is 0 Å². The largest absolute Gasteiger partial charge is 0.343 e. The Hall–Kier alpha value is -0.620. The van der Waals surface area contributed by atoms with Gasteiger partial charge in [0.15, 0.2) is 0 Å². The highest BCUT2D eigenvalue weighted by molar-refractivity contribution is 7.88. The summed E-state index contributed by atoms with van der Waals surface area (Å²) in [6.45, 7) is 5.56. The fourth-order valence-electron chi connectivity index (χ4n) is 2.93. The van der Waals surface area contributed by atoms with E-state index in [2.05, 4.69) is 0 Å². The van der Waals surface area contributed by atoms with Crippen molar-refractivity contribution < 1.29 is 13.2 Å². The fraction of sp³-hybridized carbons (Fsp3) is 0.929. The lowest BCUT2D eigenvalue weighted by Crippen LogP contribution is -2.43. The Morgan fingerprint density at radius 2 is 1.65 bits per heavy atom. The van der Waals surface area contributed by atoms with Crippen LogP contribution in [0.5, 0.6) is 0 Å². The van der Waals surface area contributed by atoms with E-state index in [0.717, 1.165) is 25.7 Å². The number of amides is 1. The van der Waals surface area contributed by atoms with Crippen LogP contribution in [0.15, 0.2) is 0 Å². The third-order valence-corrected chi connectivity index (χ3v) is 5.40. The van der Waals surface area contributed by atoms with Crippen LogP contribution in [-0.4, -0.2) is 55.5 Å². The molecule has 0 bridgehead atoms. The topological polar surface area (TPSA) is 57.7 Å². The van der Waals surface area contributed by atoms with E-state index in [9.17, 15) is 13.2 Å². The molecule has 6 heteroatoms. The zero-order valence-corrected chi connectivity index (χ0v) is 13.8. The summed E-state index contributed by atoms with van der Waals surface area (Å²) in [6, 6.07) is 0.0863. The van der Waals surface area contributed by atoms with Crippen LogP contribution in [0.2, 0.25) is 0 Å². The van der Waals surface area contributed by atoms with Crippen LogP contribution in [0.1, 0.15) is 52.4 Å². The molecule has 0 aromatic heterocycles. The third kappa shape index (κ3) is 5.05. The van der Waals surface area contributed by atoms with Crippen molar-refractivity contribution in [2.45, 2.75) is 58.4 Å². The molecule has 0 radical (unpaired) electrons. The highest BCUT2D eigenvalue weighted by Gasteiger charge is 2.28. The molecule has 0 aromatic carbocycles. The van der Waals surface area contributed by atoms with Crippen molar-refractivity contribution in [3.8, 4) is 0 Å². The van der Waals surface area contributed by atoms with E-state index in [4.69, 9.17) is 0 Å². The Morgan fingerprint density at radius 3 is 2.10 bits per heavy atom. The lowest BCUT2D eigenvalue weighted by atomic mass is 9.95. The molecular formula is C14H28N2O3S. The predicted octanol–water partition coefficient (Wildman–Crippen LogP) is 1.84. The van der Waals surface area contributed by atoms with Gasteiger partial charge < -0.3 is 4.90 Å². The van der Waals surface area contributed by atoms with Crippen molar-refractivity contribution >= 4 is 15.9 Å². The molecule has 0 heterocycles. The zero-order chi connectivity index (χ0) is 15.2. The summed E-state index contributed by atoms with van der Waals surface area (Å²) in [7, 11) is -3.24. The lowest BCUT2D eigenvalue weighted by Gasteiger charge is -2.32. The first-order chi connectivity index (χ1) is 9.40. The van der Waals surface area contributed by atoms with Crippen LogP contribution >= 0.6 is 0 Å². The van der Waals surface area contributed by atoms with Gasteiger partial charge in [-0.2, -0.15) is 4.31 Å². The average molecular weight is 304 g/mol. The van der Waals surface area contributed by atoms with Crippen molar-refractivity contribution in [2.24, 2.45) is 0 Å². The summed E-state index contributed by atoms with van der Waals surface area (Å²) >= 11 is 0. The molecule has 118 valence electrons. The van der Waals surface area contributed by atoms with Crippen molar-refractivity contribution in [3.05, 3.63) is 0 Å². The molecule has 1 fully saturated rings. The van der Waals surface area contributed by atoms with E-state index in [-0.39, 0.29) is 18.4 Å². The second kappa shape index (κ2) is 7.98. The Morgan fingerprint density at radius 1 is 1.10 bits per heavy atom. The Kier molecular flexibility index (Phi) is 6.95. The second-order valence-electron chi connectivity index (χ2n) is 5.48. The highest BCUT2D eigenvalue weighted by atomic mass is 32.2. The summed E-state index contributed by atoms with van der Waals surface area (Å²) in [4.78, 5) is 13.8. The maximum atomic E-state index is 12.0. The summed E-state index contributed by atoms with van der Waals surface area (Å²) in [5.41, 5.74) is 0. The van der Waals surface area contributed by atoms with Crippen molar-refractivity contribution in [3.63, 3.8) is 0 Å². The Labute approximate surface area is 123 Å². The molecular weight excluding hydrogens is 276 g/mol. The summed E-state index contributed by atoms with van der Waals surface area (Å²) in [5.74, 6) is 0.0412. The van der Waals surface area contributed by atoms with Gasteiger partial charge >= 0.3 is 0 Å². The zero-order valence-electron chi connectivity index (χ0n) is 13.0. The molecule has 0 unspecified atom stereocenters. The number of hydrogen-bond donors (Lipinski definition) is 0. The summed E-state index contributed by atoms with van der Waals surface area (Å²) in [6.07, 6.45) is 6.74. The Balaban J connectivity index is 2.64. The fourth-order valence-corrected chi connectivity index (χ4v) is 4.10. The first-order valence-electron chi connectivity index (χ1n) is 7.64. The van der Waals surface area contributed by atoms with E-state index in [1.165, 1.54) is 12.7 Å². The first kappa shape index (κ1) is 17.4. The van der Waals surface area contributed by atoms with E-state index in [1.54, 1.807) is 9.21 Å². The smallest absolute Gasteiger partial charge is 0.223 e. The molecule has 0 saturated heterocycles. The number of sulfonamides is 1. The minimum atomic E-state index is -3.24. The van der Waals surface area contributed by atoms with Crippen LogP contribution in [-0.2, 0) is 14.8 Å². The van der Waals surface area contributed by atoms with Crippen LogP contribution in [0.3, 0.4) is 0 Å². The van der Waals surface area contributed by atoms with Crippen LogP contribution in [0.25, 0.3) is 0 Å². The molecule has 1 rings (SSSR count).